The van der Waals surface area contributed by atoms with Crippen molar-refractivity contribution in [2.45, 2.75) is 31.6 Å². The molecule has 1 amide bonds. The van der Waals surface area contributed by atoms with E-state index in [9.17, 15) is 18.0 Å². The summed E-state index contributed by atoms with van der Waals surface area (Å²) in [6, 6.07) is 5.38. The molecule has 1 aromatic rings. The number of piperidine rings is 1. The van der Waals surface area contributed by atoms with Crippen molar-refractivity contribution in [2.75, 3.05) is 13.1 Å². The summed E-state index contributed by atoms with van der Waals surface area (Å²) < 4.78 is 38.0. The summed E-state index contributed by atoms with van der Waals surface area (Å²) in [5.74, 6) is -0.106. The highest BCUT2D eigenvalue weighted by Gasteiger charge is 2.30. The minimum Gasteiger partial charge on any atom is -0.338 e. The molecule has 0 spiro atoms. The lowest BCUT2D eigenvalue weighted by Gasteiger charge is -2.32. The second-order valence-electron chi connectivity index (χ2n) is 5.41. The largest absolute Gasteiger partial charge is 0.416 e. The molecule has 0 bridgehead atoms. The minimum absolute atomic E-state index is 0.0900. The van der Waals surface area contributed by atoms with Gasteiger partial charge in [0.2, 0.25) is 5.91 Å². The summed E-state index contributed by atoms with van der Waals surface area (Å²) in [4.78, 5) is 13.3. The zero-order chi connectivity index (χ0) is 16.2. The number of alkyl halides is 3. The lowest BCUT2D eigenvalue weighted by molar-refractivity contribution is -0.137. The van der Waals surface area contributed by atoms with Crippen molar-refractivity contribution in [1.82, 2.24) is 10.2 Å². The molecule has 22 heavy (non-hydrogen) atoms. The quantitative estimate of drug-likeness (QED) is 0.867. The highest BCUT2D eigenvalue weighted by atomic mass is 19.4. The van der Waals surface area contributed by atoms with Crippen molar-refractivity contribution >= 4 is 5.91 Å². The van der Waals surface area contributed by atoms with Gasteiger partial charge in [0.15, 0.2) is 0 Å². The van der Waals surface area contributed by atoms with E-state index < -0.39 is 11.7 Å². The van der Waals surface area contributed by atoms with Crippen molar-refractivity contribution in [3.05, 3.63) is 48.0 Å². The molecule has 1 aromatic carbocycles. The Morgan fingerprint density at radius 3 is 2.91 bits per heavy atom. The molecule has 0 radical (unpaired) electrons. The van der Waals surface area contributed by atoms with Crippen LogP contribution in [-0.2, 0) is 17.5 Å². The van der Waals surface area contributed by atoms with Crippen molar-refractivity contribution in [2.24, 2.45) is 0 Å². The van der Waals surface area contributed by atoms with E-state index in [1.54, 1.807) is 11.0 Å². The average Bonchev–Trinajstić information content (AvgIpc) is 2.52. The van der Waals surface area contributed by atoms with Crippen LogP contribution in [0.5, 0.6) is 0 Å². The number of hydrogen-bond donors (Lipinski definition) is 1. The van der Waals surface area contributed by atoms with E-state index in [2.05, 4.69) is 11.9 Å². The van der Waals surface area contributed by atoms with Gasteiger partial charge >= 0.3 is 6.18 Å². The number of carbonyl (C=O) groups excluding carboxylic acids is 1. The summed E-state index contributed by atoms with van der Waals surface area (Å²) in [5, 5.41) is 3.23. The number of halogens is 3. The van der Waals surface area contributed by atoms with E-state index in [1.165, 1.54) is 12.1 Å². The van der Waals surface area contributed by atoms with Crippen molar-refractivity contribution in [1.29, 1.82) is 0 Å². The van der Waals surface area contributed by atoms with Gasteiger partial charge in [-0.1, -0.05) is 24.8 Å². The monoisotopic (exact) mass is 312 g/mol. The molecule has 1 heterocycles. The number of carbonyl (C=O) groups is 1. The fourth-order valence-corrected chi connectivity index (χ4v) is 2.59. The van der Waals surface area contributed by atoms with Crippen LogP contribution in [-0.4, -0.2) is 29.9 Å². The molecule has 0 aliphatic carbocycles. The van der Waals surface area contributed by atoms with Gasteiger partial charge in [-0.15, -0.1) is 0 Å². The molecule has 0 aromatic heterocycles. The first-order chi connectivity index (χ1) is 10.4. The molecule has 3 nitrogen and oxygen atoms in total. The first-order valence-electron chi connectivity index (χ1n) is 7.21. The lowest BCUT2D eigenvalue weighted by Crippen LogP contribution is -2.47. The summed E-state index contributed by atoms with van der Waals surface area (Å²) in [7, 11) is 0. The highest BCUT2D eigenvalue weighted by molar-refractivity contribution is 5.87. The molecule has 0 saturated carbocycles. The molecule has 1 N–H and O–H groups in total. The normalized spacial score (nSPS) is 19.0. The van der Waals surface area contributed by atoms with Gasteiger partial charge in [0.25, 0.3) is 0 Å². The summed E-state index contributed by atoms with van der Waals surface area (Å²) in [6.07, 6.45) is -1.26. The molecule has 1 saturated heterocycles. The molecule has 6 heteroatoms. The Labute approximate surface area is 127 Å². The molecule has 1 fully saturated rings. The van der Waals surface area contributed by atoms with Crippen LogP contribution in [0.3, 0.4) is 0 Å². The fourth-order valence-electron chi connectivity index (χ4n) is 2.59. The third kappa shape index (κ3) is 4.34. The summed E-state index contributed by atoms with van der Waals surface area (Å²) >= 11 is 0. The highest BCUT2D eigenvalue weighted by Crippen LogP contribution is 2.29. The maximum absolute atomic E-state index is 12.7. The zero-order valence-electron chi connectivity index (χ0n) is 12.2. The Hall–Kier alpha value is -1.82. The average molecular weight is 312 g/mol. The fraction of sp³-hybridized carbons (Fsp3) is 0.438. The van der Waals surface area contributed by atoms with Crippen LogP contribution >= 0.6 is 0 Å². The second kappa shape index (κ2) is 6.96. The van der Waals surface area contributed by atoms with Gasteiger partial charge in [0, 0.05) is 25.7 Å². The van der Waals surface area contributed by atoms with E-state index in [4.69, 9.17) is 0 Å². The van der Waals surface area contributed by atoms with Crippen LogP contribution in [0.1, 0.15) is 24.0 Å². The molecule has 1 atom stereocenters. The Morgan fingerprint density at radius 1 is 1.45 bits per heavy atom. The van der Waals surface area contributed by atoms with Crippen molar-refractivity contribution < 1.29 is 18.0 Å². The molecule has 1 aliphatic heterocycles. The van der Waals surface area contributed by atoms with Gasteiger partial charge in [-0.3, -0.25) is 4.79 Å². The van der Waals surface area contributed by atoms with Crippen LogP contribution in [0.25, 0.3) is 0 Å². The number of hydrogen-bond acceptors (Lipinski definition) is 2. The van der Waals surface area contributed by atoms with Crippen LogP contribution in [0, 0.1) is 0 Å². The SMILES string of the molecule is C=CC(=O)N1CCC[C@@H](NCc2cccc(C(F)(F)F)c2)C1. The summed E-state index contributed by atoms with van der Waals surface area (Å²) in [5.41, 5.74) is -0.0547. The maximum atomic E-state index is 12.7. The smallest absolute Gasteiger partial charge is 0.338 e. The molecule has 1 aliphatic rings. The lowest BCUT2D eigenvalue weighted by atomic mass is 10.0. The van der Waals surface area contributed by atoms with Crippen molar-refractivity contribution in [3.63, 3.8) is 0 Å². The predicted octanol–water partition coefficient (Wildman–Crippen LogP) is 2.97. The van der Waals surface area contributed by atoms with E-state index in [0.717, 1.165) is 25.0 Å². The first kappa shape index (κ1) is 16.5. The maximum Gasteiger partial charge on any atom is 0.416 e. The van der Waals surface area contributed by atoms with Gasteiger partial charge in [-0.05, 0) is 30.5 Å². The van der Waals surface area contributed by atoms with Crippen LogP contribution < -0.4 is 5.32 Å². The third-order valence-electron chi connectivity index (χ3n) is 3.76. The minimum atomic E-state index is -4.33. The van der Waals surface area contributed by atoms with Gasteiger partial charge in [-0.25, -0.2) is 0 Å². The molecule has 2 rings (SSSR count). The van der Waals surface area contributed by atoms with Crippen molar-refractivity contribution in [3.8, 4) is 0 Å². The molecule has 120 valence electrons. The molecule has 0 unspecified atom stereocenters. The standard InChI is InChI=1S/C16H19F3N2O/c1-2-15(22)21-8-4-7-14(11-21)20-10-12-5-3-6-13(9-12)16(17,18)19/h2-3,5-6,9,14,20H,1,4,7-8,10-11H2/t14-/m1/s1. The Kier molecular flexibility index (Phi) is 5.24. The second-order valence-corrected chi connectivity index (χ2v) is 5.41. The first-order valence-corrected chi connectivity index (χ1v) is 7.21. The number of benzene rings is 1. The van der Waals surface area contributed by atoms with Crippen LogP contribution in [0.2, 0.25) is 0 Å². The Bertz CT molecular complexity index is 542. The summed E-state index contributed by atoms with van der Waals surface area (Å²) in [6.45, 7) is 5.08. The third-order valence-corrected chi connectivity index (χ3v) is 3.76. The Balaban J connectivity index is 1.93. The molecular weight excluding hydrogens is 293 g/mol. The molecular formula is C16H19F3N2O. The van der Waals surface area contributed by atoms with Crippen LogP contribution in [0.15, 0.2) is 36.9 Å². The zero-order valence-corrected chi connectivity index (χ0v) is 12.2. The van der Waals surface area contributed by atoms with Crippen LogP contribution in [0.4, 0.5) is 13.2 Å². The van der Waals surface area contributed by atoms with E-state index in [1.807, 2.05) is 0 Å². The van der Waals surface area contributed by atoms with E-state index >= 15 is 0 Å². The van der Waals surface area contributed by atoms with Gasteiger partial charge in [-0.2, -0.15) is 13.2 Å². The van der Waals surface area contributed by atoms with E-state index in [0.29, 0.717) is 25.2 Å². The van der Waals surface area contributed by atoms with E-state index in [-0.39, 0.29) is 11.9 Å². The number of nitrogens with zero attached hydrogens (tertiary/aromatic N) is 1. The van der Waals surface area contributed by atoms with Gasteiger partial charge in [0.1, 0.15) is 0 Å². The number of nitrogens with one attached hydrogen (secondary N) is 1. The predicted molar refractivity (Wildman–Crippen MR) is 78.1 cm³/mol. The topological polar surface area (TPSA) is 32.3 Å². The number of amides is 1. The number of rotatable bonds is 4. The van der Waals surface area contributed by atoms with Gasteiger partial charge < -0.3 is 10.2 Å². The number of likely N-dealkylation sites (tertiary alicyclic amines) is 1. The van der Waals surface area contributed by atoms with Gasteiger partial charge in [0.05, 0.1) is 5.56 Å². The Morgan fingerprint density at radius 2 is 2.23 bits per heavy atom.